The highest BCUT2D eigenvalue weighted by Crippen LogP contribution is 2.22. The number of hydrogen-bond acceptors (Lipinski definition) is 5. The van der Waals surface area contributed by atoms with Gasteiger partial charge in [0.1, 0.15) is 11.5 Å². The first-order valence-electron chi connectivity index (χ1n) is 9.71. The number of fused-ring (bicyclic) bond motifs is 2. The lowest BCUT2D eigenvalue weighted by atomic mass is 10.1. The molecule has 0 amide bonds. The molecule has 0 aliphatic carbocycles. The number of nitrogens with one attached hydrogen (secondary N) is 1. The lowest BCUT2D eigenvalue weighted by molar-refractivity contribution is 0.238. The Labute approximate surface area is 167 Å². The number of anilines is 1. The summed E-state index contributed by atoms with van der Waals surface area (Å²) in [6, 6.07) is 13.4. The van der Waals surface area contributed by atoms with Crippen molar-refractivity contribution in [3.05, 3.63) is 81.7 Å². The predicted octanol–water partition coefficient (Wildman–Crippen LogP) is 2.53. The van der Waals surface area contributed by atoms with E-state index in [0.29, 0.717) is 18.1 Å². The Kier molecular flexibility index (Phi) is 4.17. The summed E-state index contributed by atoms with van der Waals surface area (Å²) >= 11 is 0. The molecule has 0 fully saturated rings. The number of aryl methyl sites for hydroxylation is 1. The molecule has 5 rings (SSSR count). The van der Waals surface area contributed by atoms with Gasteiger partial charge in [-0.25, -0.2) is 9.97 Å². The molecule has 7 heteroatoms. The highest BCUT2D eigenvalue weighted by atomic mass is 16.1. The SMILES string of the molecule is Cc1nc2ccccn2c1CN1CCc2nc(-c3ccc(N)cc3)[nH]c(=O)c2C1. The monoisotopic (exact) mass is 386 g/mol. The second-order valence-corrected chi connectivity index (χ2v) is 7.50. The number of nitrogen functional groups attached to an aromatic ring is 1. The fraction of sp³-hybridized carbons (Fsp3) is 0.227. The zero-order valence-electron chi connectivity index (χ0n) is 16.2. The van der Waals surface area contributed by atoms with Crippen LogP contribution in [0.1, 0.15) is 22.6 Å². The van der Waals surface area contributed by atoms with E-state index in [2.05, 4.69) is 19.3 Å². The minimum absolute atomic E-state index is 0.0682. The van der Waals surface area contributed by atoms with Gasteiger partial charge < -0.3 is 15.1 Å². The zero-order valence-corrected chi connectivity index (χ0v) is 16.2. The Bertz CT molecular complexity index is 1250. The third-order valence-corrected chi connectivity index (χ3v) is 5.53. The van der Waals surface area contributed by atoms with Crippen molar-refractivity contribution in [2.45, 2.75) is 26.4 Å². The second-order valence-electron chi connectivity index (χ2n) is 7.50. The molecule has 1 aromatic carbocycles. The Balaban J connectivity index is 1.43. The summed E-state index contributed by atoms with van der Waals surface area (Å²) in [7, 11) is 0. The maximum atomic E-state index is 12.8. The van der Waals surface area contributed by atoms with E-state index < -0.39 is 0 Å². The van der Waals surface area contributed by atoms with Crippen LogP contribution >= 0.6 is 0 Å². The molecule has 29 heavy (non-hydrogen) atoms. The Morgan fingerprint density at radius 2 is 1.97 bits per heavy atom. The molecule has 7 nitrogen and oxygen atoms in total. The Morgan fingerprint density at radius 3 is 2.79 bits per heavy atom. The number of imidazole rings is 1. The van der Waals surface area contributed by atoms with Gasteiger partial charge in [-0.1, -0.05) is 6.07 Å². The fourth-order valence-corrected chi connectivity index (χ4v) is 3.96. The van der Waals surface area contributed by atoms with Crippen LogP contribution in [-0.2, 0) is 19.5 Å². The average Bonchev–Trinajstić information content (AvgIpc) is 3.04. The first-order valence-corrected chi connectivity index (χ1v) is 9.71. The Morgan fingerprint density at radius 1 is 1.14 bits per heavy atom. The van der Waals surface area contributed by atoms with Crippen molar-refractivity contribution in [1.29, 1.82) is 0 Å². The summed E-state index contributed by atoms with van der Waals surface area (Å²) in [6.45, 7) is 4.21. The zero-order chi connectivity index (χ0) is 20.0. The van der Waals surface area contributed by atoms with Gasteiger partial charge in [0, 0.05) is 43.5 Å². The van der Waals surface area contributed by atoms with Gasteiger partial charge in [0.25, 0.3) is 5.56 Å². The molecule has 0 bridgehead atoms. The van der Waals surface area contributed by atoms with E-state index in [1.165, 1.54) is 0 Å². The standard InChI is InChI=1S/C22H22N6O/c1-14-19(28-10-3-2-4-20(28)24-14)13-27-11-9-18-17(12-27)22(29)26-21(25-18)15-5-7-16(23)8-6-15/h2-8,10H,9,11-13,23H2,1H3,(H,25,26,29). The summed E-state index contributed by atoms with van der Waals surface area (Å²) in [5.74, 6) is 0.597. The largest absolute Gasteiger partial charge is 0.399 e. The van der Waals surface area contributed by atoms with Crippen LogP contribution in [0.25, 0.3) is 17.0 Å². The molecular formula is C22H22N6O. The van der Waals surface area contributed by atoms with Crippen molar-refractivity contribution in [1.82, 2.24) is 24.3 Å². The number of nitrogens with two attached hydrogens (primary N) is 1. The van der Waals surface area contributed by atoms with Crippen LogP contribution in [0.3, 0.4) is 0 Å². The summed E-state index contributed by atoms with van der Waals surface area (Å²) in [5, 5.41) is 0. The molecule has 0 saturated heterocycles. The number of aromatic amines is 1. The van der Waals surface area contributed by atoms with E-state index in [-0.39, 0.29) is 5.56 Å². The van der Waals surface area contributed by atoms with E-state index in [1.54, 1.807) is 0 Å². The molecule has 0 atom stereocenters. The van der Waals surface area contributed by atoms with E-state index in [0.717, 1.165) is 53.4 Å². The molecule has 3 N–H and O–H groups in total. The van der Waals surface area contributed by atoms with Gasteiger partial charge in [0.05, 0.1) is 22.6 Å². The van der Waals surface area contributed by atoms with E-state index in [1.807, 2.05) is 55.6 Å². The first-order chi connectivity index (χ1) is 14.1. The van der Waals surface area contributed by atoms with Crippen LogP contribution in [0.15, 0.2) is 53.5 Å². The molecular weight excluding hydrogens is 364 g/mol. The molecule has 1 aliphatic rings. The number of rotatable bonds is 3. The molecule has 146 valence electrons. The van der Waals surface area contributed by atoms with E-state index in [9.17, 15) is 4.79 Å². The van der Waals surface area contributed by atoms with Crippen molar-refractivity contribution < 1.29 is 0 Å². The van der Waals surface area contributed by atoms with Crippen LogP contribution in [0.2, 0.25) is 0 Å². The quantitative estimate of drug-likeness (QED) is 0.528. The van der Waals surface area contributed by atoms with Gasteiger partial charge in [0.15, 0.2) is 0 Å². The molecule has 1 aliphatic heterocycles. The average molecular weight is 386 g/mol. The number of aromatic nitrogens is 4. The van der Waals surface area contributed by atoms with Gasteiger partial charge in [-0.15, -0.1) is 0 Å². The van der Waals surface area contributed by atoms with Crippen LogP contribution in [0, 0.1) is 6.92 Å². The van der Waals surface area contributed by atoms with Gasteiger partial charge in [-0.3, -0.25) is 9.69 Å². The summed E-state index contributed by atoms with van der Waals surface area (Å²) in [5.41, 5.74) is 12.0. The van der Waals surface area contributed by atoms with Crippen LogP contribution in [0.5, 0.6) is 0 Å². The van der Waals surface area contributed by atoms with Crippen molar-refractivity contribution in [2.24, 2.45) is 0 Å². The highest BCUT2D eigenvalue weighted by molar-refractivity contribution is 5.58. The minimum atomic E-state index is -0.0682. The third kappa shape index (κ3) is 3.19. The lowest BCUT2D eigenvalue weighted by Crippen LogP contribution is -2.35. The van der Waals surface area contributed by atoms with Crippen molar-refractivity contribution in [2.75, 3.05) is 12.3 Å². The van der Waals surface area contributed by atoms with Gasteiger partial charge >= 0.3 is 0 Å². The van der Waals surface area contributed by atoms with E-state index in [4.69, 9.17) is 10.7 Å². The molecule has 0 unspecified atom stereocenters. The molecule has 3 aromatic heterocycles. The third-order valence-electron chi connectivity index (χ3n) is 5.53. The van der Waals surface area contributed by atoms with Crippen molar-refractivity contribution >= 4 is 11.3 Å². The molecule has 4 heterocycles. The first kappa shape index (κ1) is 17.6. The number of H-pyrrole nitrogens is 1. The van der Waals surface area contributed by atoms with Crippen LogP contribution < -0.4 is 11.3 Å². The predicted molar refractivity (Wildman–Crippen MR) is 112 cm³/mol. The topological polar surface area (TPSA) is 92.3 Å². The minimum Gasteiger partial charge on any atom is -0.399 e. The fourth-order valence-electron chi connectivity index (χ4n) is 3.96. The molecule has 4 aromatic rings. The lowest BCUT2D eigenvalue weighted by Gasteiger charge is -2.27. The smallest absolute Gasteiger partial charge is 0.255 e. The number of pyridine rings is 1. The maximum Gasteiger partial charge on any atom is 0.255 e. The van der Waals surface area contributed by atoms with Crippen LogP contribution in [0.4, 0.5) is 5.69 Å². The number of benzene rings is 1. The normalized spacial score (nSPS) is 14.2. The highest BCUT2D eigenvalue weighted by Gasteiger charge is 2.23. The van der Waals surface area contributed by atoms with Crippen molar-refractivity contribution in [3.63, 3.8) is 0 Å². The van der Waals surface area contributed by atoms with Crippen LogP contribution in [-0.4, -0.2) is 30.8 Å². The van der Waals surface area contributed by atoms with Gasteiger partial charge in [-0.2, -0.15) is 0 Å². The Hall–Kier alpha value is -3.45. The summed E-state index contributed by atoms with van der Waals surface area (Å²) in [4.78, 5) is 27.4. The molecule has 0 saturated carbocycles. The second kappa shape index (κ2) is 6.86. The van der Waals surface area contributed by atoms with E-state index >= 15 is 0 Å². The number of nitrogens with zero attached hydrogens (tertiary/aromatic N) is 4. The summed E-state index contributed by atoms with van der Waals surface area (Å²) < 4.78 is 2.12. The van der Waals surface area contributed by atoms with Gasteiger partial charge in [0.2, 0.25) is 0 Å². The molecule has 0 spiro atoms. The summed E-state index contributed by atoms with van der Waals surface area (Å²) in [6.07, 6.45) is 2.78. The number of hydrogen-bond donors (Lipinski definition) is 2. The van der Waals surface area contributed by atoms with Gasteiger partial charge in [-0.05, 0) is 43.3 Å². The maximum absolute atomic E-state index is 12.8. The van der Waals surface area contributed by atoms with Crippen molar-refractivity contribution in [3.8, 4) is 11.4 Å². The molecule has 0 radical (unpaired) electrons.